The zero-order chi connectivity index (χ0) is 13.8. The summed E-state index contributed by atoms with van der Waals surface area (Å²) in [7, 11) is 1.69. The van der Waals surface area contributed by atoms with E-state index in [1.165, 1.54) is 27.8 Å². The average Bonchev–Trinajstić information content (AvgIpc) is 2.97. The number of tetrazole rings is 1. The second kappa shape index (κ2) is 5.90. The SMILES string of the molecule is Cc1csc([C@H](C#N)C(=O)CSc2nnnn2C)n1. The van der Waals surface area contributed by atoms with Crippen molar-refractivity contribution in [1.82, 2.24) is 25.2 Å². The number of thiazole rings is 1. The number of Topliss-reactive ketones (excluding diaryl/α,β-unsaturated/α-hetero) is 1. The third kappa shape index (κ3) is 3.15. The number of hydrogen-bond donors (Lipinski definition) is 0. The van der Waals surface area contributed by atoms with E-state index in [0.29, 0.717) is 10.2 Å². The highest BCUT2D eigenvalue weighted by Crippen LogP contribution is 2.23. The summed E-state index contributed by atoms with van der Waals surface area (Å²) < 4.78 is 1.48. The van der Waals surface area contributed by atoms with Gasteiger partial charge in [-0.3, -0.25) is 4.79 Å². The number of carbonyl (C=O) groups is 1. The topological polar surface area (TPSA) is 97.4 Å². The molecular formula is C10H10N6OS2. The minimum Gasteiger partial charge on any atom is -0.297 e. The van der Waals surface area contributed by atoms with Crippen LogP contribution in [0.15, 0.2) is 10.5 Å². The van der Waals surface area contributed by atoms with Crippen molar-refractivity contribution in [2.75, 3.05) is 5.75 Å². The Kier molecular flexibility index (Phi) is 4.24. The first kappa shape index (κ1) is 13.6. The highest BCUT2D eigenvalue weighted by atomic mass is 32.2. The van der Waals surface area contributed by atoms with Crippen LogP contribution in [-0.4, -0.2) is 36.7 Å². The van der Waals surface area contributed by atoms with E-state index in [2.05, 4.69) is 20.5 Å². The van der Waals surface area contributed by atoms with Crippen molar-refractivity contribution >= 4 is 28.9 Å². The van der Waals surface area contributed by atoms with Gasteiger partial charge in [-0.1, -0.05) is 11.8 Å². The van der Waals surface area contributed by atoms with Crippen molar-refractivity contribution < 1.29 is 4.79 Å². The average molecular weight is 294 g/mol. The van der Waals surface area contributed by atoms with Crippen molar-refractivity contribution in [2.24, 2.45) is 7.05 Å². The molecule has 7 nitrogen and oxygen atoms in total. The van der Waals surface area contributed by atoms with Crippen LogP contribution in [0.4, 0.5) is 0 Å². The fourth-order valence-corrected chi connectivity index (χ4v) is 2.95. The van der Waals surface area contributed by atoms with Gasteiger partial charge in [-0.15, -0.1) is 16.4 Å². The van der Waals surface area contributed by atoms with E-state index in [1.54, 1.807) is 7.05 Å². The van der Waals surface area contributed by atoms with E-state index in [1.807, 2.05) is 18.4 Å². The van der Waals surface area contributed by atoms with Gasteiger partial charge in [0.25, 0.3) is 0 Å². The molecule has 0 bridgehead atoms. The van der Waals surface area contributed by atoms with Crippen molar-refractivity contribution in [3.8, 4) is 6.07 Å². The molecule has 2 heterocycles. The molecule has 0 aliphatic rings. The highest BCUT2D eigenvalue weighted by Gasteiger charge is 2.23. The maximum absolute atomic E-state index is 12.0. The Morgan fingerprint density at radius 2 is 2.47 bits per heavy atom. The number of nitriles is 1. The molecule has 0 saturated heterocycles. The number of carbonyl (C=O) groups excluding carboxylic acids is 1. The van der Waals surface area contributed by atoms with Gasteiger partial charge in [0, 0.05) is 18.1 Å². The molecule has 0 aromatic carbocycles. The van der Waals surface area contributed by atoms with E-state index in [0.717, 1.165) is 5.69 Å². The van der Waals surface area contributed by atoms with E-state index in [-0.39, 0.29) is 11.5 Å². The van der Waals surface area contributed by atoms with Crippen LogP contribution in [-0.2, 0) is 11.8 Å². The zero-order valence-electron chi connectivity index (χ0n) is 10.3. The van der Waals surface area contributed by atoms with Crippen LogP contribution in [0.1, 0.15) is 16.6 Å². The molecule has 98 valence electrons. The van der Waals surface area contributed by atoms with Gasteiger partial charge in [0.2, 0.25) is 5.16 Å². The van der Waals surface area contributed by atoms with Gasteiger partial charge in [0.15, 0.2) is 11.7 Å². The van der Waals surface area contributed by atoms with E-state index in [4.69, 9.17) is 5.26 Å². The van der Waals surface area contributed by atoms with Crippen LogP contribution >= 0.6 is 23.1 Å². The van der Waals surface area contributed by atoms with Gasteiger partial charge in [0.05, 0.1) is 11.8 Å². The number of aromatic nitrogens is 5. The lowest BCUT2D eigenvalue weighted by atomic mass is 10.1. The second-order valence-corrected chi connectivity index (χ2v) is 5.56. The first-order valence-corrected chi connectivity index (χ1v) is 7.18. The predicted molar refractivity (Wildman–Crippen MR) is 69.7 cm³/mol. The van der Waals surface area contributed by atoms with E-state index in [9.17, 15) is 4.79 Å². The highest BCUT2D eigenvalue weighted by molar-refractivity contribution is 7.99. The normalized spacial score (nSPS) is 12.1. The minimum atomic E-state index is -0.813. The molecule has 0 spiro atoms. The molecule has 0 aliphatic heterocycles. The molecule has 2 aromatic rings. The summed E-state index contributed by atoms with van der Waals surface area (Å²) in [6, 6.07) is 2.00. The Bertz CT molecular complexity index is 628. The molecule has 0 aliphatic carbocycles. The summed E-state index contributed by atoms with van der Waals surface area (Å²) in [4.78, 5) is 16.2. The maximum atomic E-state index is 12.0. The van der Waals surface area contributed by atoms with Gasteiger partial charge >= 0.3 is 0 Å². The Hall–Kier alpha value is -1.79. The number of rotatable bonds is 5. The lowest BCUT2D eigenvalue weighted by molar-refractivity contribution is -0.116. The monoisotopic (exact) mass is 294 g/mol. The first-order chi connectivity index (χ1) is 9.11. The summed E-state index contributed by atoms with van der Waals surface area (Å²) in [5.74, 6) is -0.859. The predicted octanol–water partition coefficient (Wildman–Crippen LogP) is 0.944. The first-order valence-electron chi connectivity index (χ1n) is 5.31. The molecule has 0 radical (unpaired) electrons. The molecule has 0 N–H and O–H groups in total. The second-order valence-electron chi connectivity index (χ2n) is 3.73. The van der Waals surface area contributed by atoms with Crippen LogP contribution in [0, 0.1) is 18.3 Å². The van der Waals surface area contributed by atoms with Gasteiger partial charge in [-0.2, -0.15) is 5.26 Å². The number of aryl methyl sites for hydroxylation is 2. The molecular weight excluding hydrogens is 284 g/mol. The van der Waals surface area contributed by atoms with Crippen LogP contribution in [0.2, 0.25) is 0 Å². The summed E-state index contributed by atoms with van der Waals surface area (Å²) in [6.45, 7) is 1.83. The number of ketones is 1. The number of hydrogen-bond acceptors (Lipinski definition) is 8. The Morgan fingerprint density at radius 1 is 1.68 bits per heavy atom. The molecule has 0 amide bonds. The van der Waals surface area contributed by atoms with Crippen molar-refractivity contribution in [1.29, 1.82) is 5.26 Å². The molecule has 9 heteroatoms. The summed E-state index contributed by atoms with van der Waals surface area (Å²) in [6.07, 6.45) is 0. The largest absolute Gasteiger partial charge is 0.297 e. The molecule has 19 heavy (non-hydrogen) atoms. The Balaban J connectivity index is 2.02. The molecule has 0 saturated carbocycles. The van der Waals surface area contributed by atoms with Crippen LogP contribution in [0.3, 0.4) is 0 Å². The summed E-state index contributed by atoms with van der Waals surface area (Å²) in [5, 5.41) is 22.9. The molecule has 1 atom stereocenters. The van der Waals surface area contributed by atoms with Crippen molar-refractivity contribution in [2.45, 2.75) is 18.0 Å². The summed E-state index contributed by atoms with van der Waals surface area (Å²) >= 11 is 2.54. The quantitative estimate of drug-likeness (QED) is 0.757. The smallest absolute Gasteiger partial charge is 0.209 e. The van der Waals surface area contributed by atoms with E-state index < -0.39 is 5.92 Å². The third-order valence-corrected chi connectivity index (χ3v) is 4.32. The van der Waals surface area contributed by atoms with Crippen LogP contribution < -0.4 is 0 Å². The number of thioether (sulfide) groups is 1. The minimum absolute atomic E-state index is 0.144. The van der Waals surface area contributed by atoms with Crippen LogP contribution in [0.5, 0.6) is 0 Å². The van der Waals surface area contributed by atoms with E-state index >= 15 is 0 Å². The number of nitrogens with zero attached hydrogens (tertiary/aromatic N) is 6. The fourth-order valence-electron chi connectivity index (χ4n) is 1.33. The molecule has 0 fully saturated rings. The van der Waals surface area contributed by atoms with Crippen molar-refractivity contribution in [3.63, 3.8) is 0 Å². The maximum Gasteiger partial charge on any atom is 0.209 e. The zero-order valence-corrected chi connectivity index (χ0v) is 11.9. The Morgan fingerprint density at radius 3 is 3.00 bits per heavy atom. The fraction of sp³-hybridized carbons (Fsp3) is 0.400. The van der Waals surface area contributed by atoms with Gasteiger partial charge in [-0.25, -0.2) is 9.67 Å². The van der Waals surface area contributed by atoms with Crippen molar-refractivity contribution in [3.05, 3.63) is 16.1 Å². The van der Waals surface area contributed by atoms with Gasteiger partial charge in [-0.05, 0) is 17.4 Å². The van der Waals surface area contributed by atoms with Crippen LogP contribution in [0.25, 0.3) is 0 Å². The summed E-state index contributed by atoms with van der Waals surface area (Å²) in [5.41, 5.74) is 0.818. The molecule has 2 aromatic heterocycles. The Labute approximate surface area is 117 Å². The van der Waals surface area contributed by atoms with Gasteiger partial charge < -0.3 is 0 Å². The lowest BCUT2D eigenvalue weighted by Crippen LogP contribution is -2.13. The lowest BCUT2D eigenvalue weighted by Gasteiger charge is -2.03. The molecule has 2 rings (SSSR count). The standard InChI is InChI=1S/C10H10N6OS2/c1-6-4-18-9(12-6)7(3-11)8(17)5-19-10-13-14-15-16(10)2/h4,7H,5H2,1-2H3/t7-/m1/s1. The molecule has 0 unspecified atom stereocenters. The van der Waals surface area contributed by atoms with Gasteiger partial charge in [0.1, 0.15) is 5.01 Å². The third-order valence-electron chi connectivity index (χ3n) is 2.26.